The Hall–Kier alpha value is -3.34. The largest absolute Gasteiger partial charge is 0.497 e. The third-order valence-corrected chi connectivity index (χ3v) is 6.46. The number of halogens is 1. The number of likely N-dealkylation sites (N-methyl/N-ethyl adjacent to an activating group) is 1. The molecule has 0 unspecified atom stereocenters. The first kappa shape index (κ1) is 27.9. The van der Waals surface area contributed by atoms with Gasteiger partial charge in [0.1, 0.15) is 29.9 Å². The Labute approximate surface area is 205 Å². The Morgan fingerprint density at radius 3 is 2.23 bits per heavy atom. The van der Waals surface area contributed by atoms with Crippen molar-refractivity contribution in [3.63, 3.8) is 0 Å². The first-order valence-electron chi connectivity index (χ1n) is 11.1. The molecular formula is C24H32FN3O6S. The van der Waals surface area contributed by atoms with Gasteiger partial charge in [-0.25, -0.2) is 12.8 Å². The fraction of sp³-hybridized carbons (Fsp3) is 0.417. The molecule has 2 aromatic carbocycles. The topological polar surface area (TPSA) is 105 Å². The number of benzene rings is 2. The molecule has 0 bridgehead atoms. The van der Waals surface area contributed by atoms with Gasteiger partial charge in [0.25, 0.3) is 0 Å². The summed E-state index contributed by atoms with van der Waals surface area (Å²) >= 11 is 0. The molecule has 2 rings (SSSR count). The van der Waals surface area contributed by atoms with Gasteiger partial charge in [0.05, 0.1) is 26.2 Å². The first-order chi connectivity index (χ1) is 16.5. The summed E-state index contributed by atoms with van der Waals surface area (Å²) in [5, 5.41) is 2.71. The second-order valence-electron chi connectivity index (χ2n) is 7.77. The highest BCUT2D eigenvalue weighted by Crippen LogP contribution is 2.34. The third-order valence-electron chi connectivity index (χ3n) is 5.34. The molecular weight excluding hydrogens is 477 g/mol. The normalized spacial score (nSPS) is 11.9. The average Bonchev–Trinajstić information content (AvgIpc) is 2.82. The van der Waals surface area contributed by atoms with E-state index in [1.165, 1.54) is 55.5 Å². The number of amides is 2. The minimum absolute atomic E-state index is 0.0123. The number of sulfonamides is 1. The maximum atomic E-state index is 13.6. The van der Waals surface area contributed by atoms with E-state index in [1.807, 2.05) is 0 Å². The van der Waals surface area contributed by atoms with Gasteiger partial charge >= 0.3 is 0 Å². The molecule has 0 aromatic heterocycles. The molecule has 0 aliphatic rings. The number of carbonyl (C=O) groups excluding carboxylic acids is 2. The van der Waals surface area contributed by atoms with Crippen molar-refractivity contribution >= 4 is 27.5 Å². The quantitative estimate of drug-likeness (QED) is 0.472. The zero-order valence-electron chi connectivity index (χ0n) is 20.6. The molecule has 0 fully saturated rings. The van der Waals surface area contributed by atoms with Crippen LogP contribution < -0.4 is 19.1 Å². The number of nitrogens with one attached hydrogen (secondary N) is 1. The maximum absolute atomic E-state index is 13.6. The molecule has 1 atom stereocenters. The second-order valence-corrected chi connectivity index (χ2v) is 9.68. The van der Waals surface area contributed by atoms with Gasteiger partial charge in [0.2, 0.25) is 21.8 Å². The lowest BCUT2D eigenvalue weighted by Crippen LogP contribution is -2.52. The van der Waals surface area contributed by atoms with E-state index in [-0.39, 0.29) is 23.9 Å². The number of rotatable bonds is 12. The lowest BCUT2D eigenvalue weighted by molar-refractivity contribution is -0.140. The molecule has 0 spiro atoms. The molecule has 192 valence electrons. The van der Waals surface area contributed by atoms with Gasteiger partial charge in [0, 0.05) is 19.2 Å². The van der Waals surface area contributed by atoms with Gasteiger partial charge in [0.15, 0.2) is 0 Å². The van der Waals surface area contributed by atoms with E-state index in [2.05, 4.69) is 5.32 Å². The minimum atomic E-state index is -3.95. The zero-order valence-corrected chi connectivity index (χ0v) is 21.4. The standard InChI is InChI=1S/C24H32FN3O6S/c1-6-20(24(30)26-7-2)27(15-17-8-10-18(25)11-9-17)23(29)16-28(35(5,31)32)21-14-19(33-3)12-13-22(21)34-4/h8-14,20H,6-7,15-16H2,1-5H3,(H,26,30)/t20-/m1/s1. The van der Waals surface area contributed by atoms with Crippen LogP contribution in [0.15, 0.2) is 42.5 Å². The summed E-state index contributed by atoms with van der Waals surface area (Å²) in [6.45, 7) is 3.28. The predicted octanol–water partition coefficient (Wildman–Crippen LogP) is 2.55. The van der Waals surface area contributed by atoms with Crippen LogP contribution in [0.4, 0.5) is 10.1 Å². The van der Waals surface area contributed by atoms with Crippen LogP contribution in [0.25, 0.3) is 0 Å². The minimum Gasteiger partial charge on any atom is -0.497 e. The van der Waals surface area contributed by atoms with Crippen molar-refractivity contribution in [3.05, 3.63) is 53.8 Å². The van der Waals surface area contributed by atoms with Crippen LogP contribution in [0, 0.1) is 5.82 Å². The number of ether oxygens (including phenoxy) is 2. The molecule has 0 saturated carbocycles. The van der Waals surface area contributed by atoms with Gasteiger partial charge in [-0.2, -0.15) is 0 Å². The molecule has 9 nitrogen and oxygen atoms in total. The van der Waals surface area contributed by atoms with E-state index in [0.29, 0.717) is 24.3 Å². The predicted molar refractivity (Wildman–Crippen MR) is 131 cm³/mol. The van der Waals surface area contributed by atoms with E-state index in [0.717, 1.165) is 10.6 Å². The summed E-state index contributed by atoms with van der Waals surface area (Å²) in [5.41, 5.74) is 0.711. The first-order valence-corrected chi connectivity index (χ1v) is 12.9. The van der Waals surface area contributed by atoms with Crippen molar-refractivity contribution in [2.75, 3.05) is 37.9 Å². The van der Waals surface area contributed by atoms with Crippen LogP contribution in [0.3, 0.4) is 0 Å². The Kier molecular flexibility index (Phi) is 9.88. The lowest BCUT2D eigenvalue weighted by atomic mass is 10.1. The number of nitrogens with zero attached hydrogens (tertiary/aromatic N) is 2. The zero-order chi connectivity index (χ0) is 26.2. The Balaban J connectivity index is 2.51. The van der Waals surface area contributed by atoms with Gasteiger partial charge in [-0.15, -0.1) is 0 Å². The molecule has 0 radical (unpaired) electrons. The highest BCUT2D eigenvalue weighted by molar-refractivity contribution is 7.92. The van der Waals surface area contributed by atoms with E-state index in [4.69, 9.17) is 9.47 Å². The smallest absolute Gasteiger partial charge is 0.244 e. The fourth-order valence-corrected chi connectivity index (χ4v) is 4.43. The molecule has 2 aromatic rings. The molecule has 0 saturated heterocycles. The number of carbonyl (C=O) groups is 2. The molecule has 0 aliphatic heterocycles. The Bertz CT molecular complexity index is 1120. The lowest BCUT2D eigenvalue weighted by Gasteiger charge is -2.33. The van der Waals surface area contributed by atoms with Crippen molar-refractivity contribution in [3.8, 4) is 11.5 Å². The molecule has 11 heteroatoms. The summed E-state index contributed by atoms with van der Waals surface area (Å²) in [5.74, 6) is -0.808. The molecule has 0 heterocycles. The van der Waals surface area contributed by atoms with Crippen molar-refractivity contribution in [2.24, 2.45) is 0 Å². The van der Waals surface area contributed by atoms with E-state index in [1.54, 1.807) is 19.9 Å². The number of methoxy groups -OCH3 is 2. The van der Waals surface area contributed by atoms with Gasteiger partial charge in [-0.3, -0.25) is 13.9 Å². The fourth-order valence-electron chi connectivity index (χ4n) is 3.58. The molecule has 2 amide bonds. The van der Waals surface area contributed by atoms with Crippen molar-refractivity contribution in [1.82, 2.24) is 10.2 Å². The summed E-state index contributed by atoms with van der Waals surface area (Å²) in [4.78, 5) is 27.7. The van der Waals surface area contributed by atoms with Crippen LogP contribution in [0.2, 0.25) is 0 Å². The Morgan fingerprint density at radius 2 is 1.71 bits per heavy atom. The summed E-state index contributed by atoms with van der Waals surface area (Å²) in [6, 6.07) is 9.28. The molecule has 1 N–H and O–H groups in total. The number of anilines is 1. The van der Waals surface area contributed by atoms with Gasteiger partial charge in [-0.1, -0.05) is 19.1 Å². The van der Waals surface area contributed by atoms with Crippen molar-refractivity contribution in [2.45, 2.75) is 32.9 Å². The SMILES string of the molecule is CCNC(=O)[C@@H](CC)N(Cc1ccc(F)cc1)C(=O)CN(c1cc(OC)ccc1OC)S(C)(=O)=O. The van der Waals surface area contributed by atoms with Crippen LogP contribution in [-0.2, 0) is 26.2 Å². The van der Waals surface area contributed by atoms with E-state index < -0.39 is 34.3 Å². The second kappa shape index (κ2) is 12.4. The van der Waals surface area contributed by atoms with E-state index in [9.17, 15) is 22.4 Å². The van der Waals surface area contributed by atoms with E-state index >= 15 is 0 Å². The summed E-state index contributed by atoms with van der Waals surface area (Å²) in [7, 11) is -1.13. The van der Waals surface area contributed by atoms with Crippen molar-refractivity contribution < 1.29 is 31.9 Å². The van der Waals surface area contributed by atoms with Gasteiger partial charge < -0.3 is 19.7 Å². The number of hydrogen-bond acceptors (Lipinski definition) is 6. The van der Waals surface area contributed by atoms with Crippen LogP contribution >= 0.6 is 0 Å². The molecule has 0 aliphatic carbocycles. The van der Waals surface area contributed by atoms with Crippen LogP contribution in [-0.4, -0.2) is 64.7 Å². The summed E-state index contributed by atoms with van der Waals surface area (Å²) in [6.07, 6.45) is 1.27. The van der Waals surface area contributed by atoms with Crippen LogP contribution in [0.1, 0.15) is 25.8 Å². The summed E-state index contributed by atoms with van der Waals surface area (Å²) < 4.78 is 50.4. The maximum Gasteiger partial charge on any atom is 0.244 e. The third kappa shape index (κ3) is 7.32. The molecule has 35 heavy (non-hydrogen) atoms. The monoisotopic (exact) mass is 509 g/mol. The Morgan fingerprint density at radius 1 is 1.06 bits per heavy atom. The van der Waals surface area contributed by atoms with Gasteiger partial charge in [-0.05, 0) is 43.2 Å². The highest BCUT2D eigenvalue weighted by atomic mass is 32.2. The number of hydrogen-bond donors (Lipinski definition) is 1. The average molecular weight is 510 g/mol. The van der Waals surface area contributed by atoms with Crippen molar-refractivity contribution in [1.29, 1.82) is 0 Å². The van der Waals surface area contributed by atoms with Crippen LogP contribution in [0.5, 0.6) is 11.5 Å². The highest BCUT2D eigenvalue weighted by Gasteiger charge is 2.32.